The van der Waals surface area contributed by atoms with E-state index in [9.17, 15) is 9.59 Å². The van der Waals surface area contributed by atoms with Crippen LogP contribution >= 0.6 is 11.3 Å². The molecule has 0 N–H and O–H groups in total. The van der Waals surface area contributed by atoms with Gasteiger partial charge in [-0.05, 0) is 43.4 Å². The Morgan fingerprint density at radius 3 is 2.62 bits per heavy atom. The van der Waals surface area contributed by atoms with E-state index in [0.29, 0.717) is 25.1 Å². The average molecular weight is 449 g/mol. The number of carbonyl (C=O) groups is 2. The lowest BCUT2D eigenvalue weighted by atomic mass is 9.73. The number of hydrogen-bond donors (Lipinski definition) is 0. The van der Waals surface area contributed by atoms with Crippen molar-refractivity contribution in [3.05, 3.63) is 70.4 Å². The van der Waals surface area contributed by atoms with E-state index >= 15 is 0 Å². The molecule has 0 spiro atoms. The number of benzene rings is 1. The van der Waals surface area contributed by atoms with Gasteiger partial charge in [0.15, 0.2) is 0 Å². The Bertz CT molecular complexity index is 1110. The Kier molecular flexibility index (Phi) is 6.37. The molecule has 1 saturated heterocycles. The highest BCUT2D eigenvalue weighted by Gasteiger charge is 2.44. The zero-order chi connectivity index (χ0) is 22.7. The molecule has 2 aromatic heterocycles. The Labute approximate surface area is 192 Å². The first-order valence-corrected chi connectivity index (χ1v) is 11.7. The Morgan fingerprint density at radius 2 is 1.94 bits per heavy atom. The maximum Gasteiger partial charge on any atom is 0.254 e. The number of aryl methyl sites for hydroxylation is 1. The number of thiophene rings is 1. The molecule has 166 valence electrons. The lowest BCUT2D eigenvalue weighted by Crippen LogP contribution is -2.54. The van der Waals surface area contributed by atoms with E-state index in [4.69, 9.17) is 0 Å². The second-order valence-electron chi connectivity index (χ2n) is 8.72. The van der Waals surface area contributed by atoms with Gasteiger partial charge < -0.3 is 9.80 Å². The van der Waals surface area contributed by atoms with E-state index in [0.717, 1.165) is 34.4 Å². The summed E-state index contributed by atoms with van der Waals surface area (Å²) in [5.41, 5.74) is 3.05. The van der Waals surface area contributed by atoms with Crippen LogP contribution in [-0.2, 0) is 11.2 Å². The van der Waals surface area contributed by atoms with Crippen LogP contribution in [0.4, 0.5) is 0 Å². The monoisotopic (exact) mass is 448 g/mol. The lowest BCUT2D eigenvalue weighted by Gasteiger charge is -2.43. The molecule has 32 heavy (non-hydrogen) atoms. The van der Waals surface area contributed by atoms with Crippen molar-refractivity contribution in [3.8, 4) is 11.1 Å². The number of hydrogen-bond acceptors (Lipinski definition) is 5. The molecular formula is C25H28N4O2S. The third-order valence-electron chi connectivity index (χ3n) is 6.12. The third-order valence-corrected chi connectivity index (χ3v) is 6.98. The zero-order valence-corrected chi connectivity index (χ0v) is 19.6. The van der Waals surface area contributed by atoms with E-state index in [2.05, 4.69) is 16.0 Å². The number of nitrogens with zero attached hydrogens (tertiary/aromatic N) is 4. The van der Waals surface area contributed by atoms with Gasteiger partial charge in [0.25, 0.3) is 5.91 Å². The molecule has 3 aromatic rings. The fourth-order valence-electron chi connectivity index (χ4n) is 4.67. The van der Waals surface area contributed by atoms with Crippen molar-refractivity contribution in [2.45, 2.75) is 26.2 Å². The summed E-state index contributed by atoms with van der Waals surface area (Å²) in [6, 6.07) is 10.0. The highest BCUT2D eigenvalue weighted by molar-refractivity contribution is 7.10. The first-order chi connectivity index (χ1) is 15.4. The summed E-state index contributed by atoms with van der Waals surface area (Å²) < 4.78 is 0. The van der Waals surface area contributed by atoms with Crippen molar-refractivity contribution in [2.24, 2.45) is 5.41 Å². The van der Waals surface area contributed by atoms with Gasteiger partial charge in [-0.1, -0.05) is 24.3 Å². The Balaban J connectivity index is 1.69. The molecule has 4 rings (SSSR count). The number of likely N-dealkylation sites (tertiary alicyclic amines) is 1. The van der Waals surface area contributed by atoms with Gasteiger partial charge in [0.2, 0.25) is 5.91 Å². The zero-order valence-electron chi connectivity index (χ0n) is 18.7. The number of amides is 2. The summed E-state index contributed by atoms with van der Waals surface area (Å²) in [6.45, 7) is 3.09. The summed E-state index contributed by atoms with van der Waals surface area (Å²) in [5, 5.41) is 1.91. The van der Waals surface area contributed by atoms with Gasteiger partial charge >= 0.3 is 0 Å². The van der Waals surface area contributed by atoms with Crippen LogP contribution in [0.2, 0.25) is 0 Å². The molecule has 0 aliphatic carbocycles. The fourth-order valence-corrected chi connectivity index (χ4v) is 5.35. The van der Waals surface area contributed by atoms with Crippen molar-refractivity contribution >= 4 is 23.2 Å². The summed E-state index contributed by atoms with van der Waals surface area (Å²) in [7, 11) is 3.59. The van der Waals surface area contributed by atoms with Gasteiger partial charge in [-0.15, -0.1) is 11.3 Å². The number of carbonyl (C=O) groups excluding carboxylic acids is 2. The predicted octanol–water partition coefficient (Wildman–Crippen LogP) is 4.07. The molecule has 1 aliphatic rings. The number of piperidine rings is 1. The van der Waals surface area contributed by atoms with Gasteiger partial charge in [-0.25, -0.2) is 9.97 Å². The Morgan fingerprint density at radius 1 is 1.19 bits per heavy atom. The molecule has 0 bridgehead atoms. The van der Waals surface area contributed by atoms with Gasteiger partial charge in [0.05, 0.1) is 11.0 Å². The van der Waals surface area contributed by atoms with Crippen LogP contribution in [0.25, 0.3) is 11.1 Å². The van der Waals surface area contributed by atoms with Crippen molar-refractivity contribution in [3.63, 3.8) is 0 Å². The molecule has 0 radical (unpaired) electrons. The van der Waals surface area contributed by atoms with Crippen LogP contribution in [-0.4, -0.2) is 58.8 Å². The minimum absolute atomic E-state index is 0.00901. The molecule has 2 amide bonds. The first kappa shape index (κ1) is 22.1. The fraction of sp³-hybridized carbons (Fsp3) is 0.360. The molecular weight excluding hydrogens is 420 g/mol. The normalized spacial score (nSPS) is 18.4. The lowest BCUT2D eigenvalue weighted by molar-refractivity contribution is -0.142. The third kappa shape index (κ3) is 4.43. The standard InChI is InChI=1S/C25H28N4O2S/c1-18-11-20(15-32-18)23(30)29-10-6-9-25(16-29,24(31)28(2)3)12-19-7-4-5-8-22(19)21-13-26-17-27-14-21/h4-5,7-8,11,13-15,17H,6,9-10,12,16H2,1-3H3/t25-/m0/s1. The van der Waals surface area contributed by atoms with Crippen molar-refractivity contribution in [1.29, 1.82) is 0 Å². The van der Waals surface area contributed by atoms with Gasteiger partial charge in [0, 0.05) is 55.4 Å². The molecule has 1 aromatic carbocycles. The summed E-state index contributed by atoms with van der Waals surface area (Å²) >= 11 is 1.58. The van der Waals surface area contributed by atoms with Crippen LogP contribution in [0.1, 0.15) is 33.6 Å². The van der Waals surface area contributed by atoms with Gasteiger partial charge in [-0.2, -0.15) is 0 Å². The Hall–Kier alpha value is -3.06. The second kappa shape index (κ2) is 9.20. The number of rotatable bonds is 5. The summed E-state index contributed by atoms with van der Waals surface area (Å²) in [5.74, 6) is 0.0744. The van der Waals surface area contributed by atoms with Crippen molar-refractivity contribution < 1.29 is 9.59 Å². The molecule has 1 atom stereocenters. The van der Waals surface area contributed by atoms with Gasteiger partial charge in [0.1, 0.15) is 6.33 Å². The van der Waals surface area contributed by atoms with E-state index < -0.39 is 5.41 Å². The van der Waals surface area contributed by atoms with E-state index in [1.54, 1.807) is 42.7 Å². The smallest absolute Gasteiger partial charge is 0.254 e. The largest absolute Gasteiger partial charge is 0.348 e. The molecule has 7 heteroatoms. The predicted molar refractivity (Wildman–Crippen MR) is 126 cm³/mol. The van der Waals surface area contributed by atoms with Crippen LogP contribution in [0.3, 0.4) is 0 Å². The maximum absolute atomic E-state index is 13.5. The first-order valence-electron chi connectivity index (χ1n) is 10.8. The van der Waals surface area contributed by atoms with Gasteiger partial charge in [-0.3, -0.25) is 9.59 Å². The van der Waals surface area contributed by atoms with Crippen molar-refractivity contribution in [2.75, 3.05) is 27.2 Å². The quantitative estimate of drug-likeness (QED) is 0.590. The average Bonchev–Trinajstić information content (AvgIpc) is 3.25. The minimum Gasteiger partial charge on any atom is -0.348 e. The molecule has 3 heterocycles. The van der Waals surface area contributed by atoms with Crippen LogP contribution in [0.15, 0.2) is 54.4 Å². The van der Waals surface area contributed by atoms with Crippen LogP contribution in [0, 0.1) is 12.3 Å². The van der Waals surface area contributed by atoms with Crippen molar-refractivity contribution in [1.82, 2.24) is 19.8 Å². The molecule has 1 fully saturated rings. The second-order valence-corrected chi connectivity index (χ2v) is 9.83. The number of aromatic nitrogens is 2. The van der Waals surface area contributed by atoms with Crippen LogP contribution < -0.4 is 0 Å². The highest BCUT2D eigenvalue weighted by atomic mass is 32.1. The highest BCUT2D eigenvalue weighted by Crippen LogP contribution is 2.38. The summed E-state index contributed by atoms with van der Waals surface area (Å²) in [4.78, 5) is 39.7. The molecule has 6 nitrogen and oxygen atoms in total. The molecule has 0 saturated carbocycles. The van der Waals surface area contributed by atoms with E-state index in [1.165, 1.54) is 6.33 Å². The molecule has 1 aliphatic heterocycles. The maximum atomic E-state index is 13.5. The van der Waals surface area contributed by atoms with E-state index in [1.807, 2.05) is 41.5 Å². The minimum atomic E-state index is -0.672. The van der Waals surface area contributed by atoms with Crippen LogP contribution in [0.5, 0.6) is 0 Å². The summed E-state index contributed by atoms with van der Waals surface area (Å²) in [6.07, 6.45) is 7.20. The SMILES string of the molecule is Cc1cc(C(=O)N2CCC[C@@](Cc3ccccc3-c3cncnc3)(C(=O)N(C)C)C2)cs1. The topological polar surface area (TPSA) is 66.4 Å². The van der Waals surface area contributed by atoms with E-state index in [-0.39, 0.29) is 11.8 Å². The molecule has 0 unspecified atom stereocenters.